The summed E-state index contributed by atoms with van der Waals surface area (Å²) in [6, 6.07) is 6.80. The maximum atomic E-state index is 13.0. The van der Waals surface area contributed by atoms with Gasteiger partial charge in [0.1, 0.15) is 5.75 Å². The summed E-state index contributed by atoms with van der Waals surface area (Å²) < 4.78 is 12.2. The molecule has 0 N–H and O–H groups in total. The Balaban J connectivity index is 1.77. The largest absolute Gasteiger partial charge is 0.545 e. The van der Waals surface area contributed by atoms with Crippen LogP contribution in [-0.2, 0) is 23.6 Å². The van der Waals surface area contributed by atoms with E-state index in [2.05, 4.69) is 11.6 Å². The van der Waals surface area contributed by atoms with Gasteiger partial charge in [-0.3, -0.25) is 19.5 Å². The Morgan fingerprint density at radius 3 is 2.88 bits per heavy atom. The molecule has 1 aliphatic heterocycles. The Bertz CT molecular complexity index is 1320. The molecule has 0 saturated carbocycles. The van der Waals surface area contributed by atoms with Gasteiger partial charge in [0.25, 0.3) is 11.2 Å². The summed E-state index contributed by atoms with van der Waals surface area (Å²) >= 11 is 1.17. The van der Waals surface area contributed by atoms with Crippen molar-refractivity contribution in [3.05, 3.63) is 80.1 Å². The van der Waals surface area contributed by atoms with E-state index in [4.69, 9.17) is 9.47 Å². The van der Waals surface area contributed by atoms with E-state index in [9.17, 15) is 24.8 Å². The summed E-state index contributed by atoms with van der Waals surface area (Å²) in [7, 11) is 0. The fourth-order valence-electron chi connectivity index (χ4n) is 3.36. The summed E-state index contributed by atoms with van der Waals surface area (Å²) in [4.78, 5) is 39.5. The highest BCUT2D eigenvalue weighted by Crippen LogP contribution is 2.36. The lowest BCUT2D eigenvalue weighted by molar-refractivity contribution is -0.385. The molecule has 2 aromatic carbocycles. The van der Waals surface area contributed by atoms with Gasteiger partial charge >= 0.3 is 0 Å². The van der Waals surface area contributed by atoms with Crippen molar-refractivity contribution in [1.29, 1.82) is 0 Å². The van der Waals surface area contributed by atoms with Crippen LogP contribution >= 0.6 is 11.8 Å². The number of nitro groups is 1. The molecular formula is C21H16N3O7S-. The number of carboxylic acids is 1. The zero-order valence-electron chi connectivity index (χ0n) is 16.6. The quantitative estimate of drug-likeness (QED) is 0.173. The van der Waals surface area contributed by atoms with Crippen LogP contribution in [0.5, 0.6) is 5.75 Å². The second-order valence-corrected chi connectivity index (χ2v) is 7.81. The number of aromatic carboxylic acids is 1. The maximum absolute atomic E-state index is 13.0. The van der Waals surface area contributed by atoms with Crippen molar-refractivity contribution in [3.63, 3.8) is 0 Å². The van der Waals surface area contributed by atoms with E-state index >= 15 is 0 Å². The number of hydrogen-bond donors (Lipinski definition) is 0. The zero-order chi connectivity index (χ0) is 22.8. The Morgan fingerprint density at radius 1 is 1.34 bits per heavy atom. The number of thioether (sulfide) groups is 1. The Labute approximate surface area is 185 Å². The third-order valence-electron chi connectivity index (χ3n) is 4.81. The first-order chi connectivity index (χ1) is 15.4. The fraction of sp³-hybridized carbons (Fsp3) is 0.190. The van der Waals surface area contributed by atoms with E-state index in [0.29, 0.717) is 22.0 Å². The van der Waals surface area contributed by atoms with Crippen molar-refractivity contribution in [2.24, 2.45) is 0 Å². The zero-order valence-corrected chi connectivity index (χ0v) is 17.4. The molecule has 1 aliphatic rings. The minimum absolute atomic E-state index is 0.0316. The molecule has 0 bridgehead atoms. The molecule has 0 spiro atoms. The summed E-state index contributed by atoms with van der Waals surface area (Å²) in [5.41, 5.74) is 0.795. The van der Waals surface area contributed by atoms with Gasteiger partial charge in [0.15, 0.2) is 11.9 Å². The van der Waals surface area contributed by atoms with Gasteiger partial charge in [-0.2, -0.15) is 0 Å². The third-order valence-corrected chi connectivity index (χ3v) is 5.83. The molecule has 3 aromatic rings. The second kappa shape index (κ2) is 8.81. The molecule has 4 rings (SSSR count). The first-order valence-electron chi connectivity index (χ1n) is 9.39. The summed E-state index contributed by atoms with van der Waals surface area (Å²) in [5, 5.41) is 23.1. The highest BCUT2D eigenvalue weighted by molar-refractivity contribution is 7.98. The van der Waals surface area contributed by atoms with Crippen LogP contribution in [0.2, 0.25) is 0 Å². The van der Waals surface area contributed by atoms with Crippen LogP contribution in [0.15, 0.2) is 52.9 Å². The number of carbonyl (C=O) groups excluding carboxylic acids is 1. The number of fused-ring (bicyclic) bond motifs is 2. The number of nitro benzene ring substituents is 1. The molecule has 0 saturated heterocycles. The topological polar surface area (TPSA) is 137 Å². The Kier molecular flexibility index (Phi) is 5.93. The van der Waals surface area contributed by atoms with Crippen molar-refractivity contribution in [2.75, 3.05) is 6.79 Å². The lowest BCUT2D eigenvalue weighted by atomic mass is 10.1. The van der Waals surface area contributed by atoms with E-state index in [1.165, 1.54) is 46.7 Å². The van der Waals surface area contributed by atoms with Gasteiger partial charge < -0.3 is 19.4 Å². The van der Waals surface area contributed by atoms with Crippen molar-refractivity contribution in [2.45, 2.75) is 24.1 Å². The van der Waals surface area contributed by atoms with Gasteiger partial charge in [0, 0.05) is 35.6 Å². The predicted octanol–water partition coefficient (Wildman–Crippen LogP) is 2.01. The van der Waals surface area contributed by atoms with Gasteiger partial charge in [0.2, 0.25) is 0 Å². The van der Waals surface area contributed by atoms with E-state index in [1.807, 2.05) is 0 Å². The third kappa shape index (κ3) is 4.07. The molecule has 164 valence electrons. The van der Waals surface area contributed by atoms with Gasteiger partial charge in [-0.15, -0.1) is 6.58 Å². The first kappa shape index (κ1) is 21.5. The van der Waals surface area contributed by atoms with Crippen molar-refractivity contribution in [1.82, 2.24) is 9.55 Å². The number of rotatable bonds is 7. The van der Waals surface area contributed by atoms with Crippen molar-refractivity contribution < 1.29 is 24.3 Å². The number of benzene rings is 2. The van der Waals surface area contributed by atoms with Crippen molar-refractivity contribution >= 4 is 34.3 Å². The van der Waals surface area contributed by atoms with Crippen LogP contribution in [0.3, 0.4) is 0 Å². The minimum Gasteiger partial charge on any atom is -0.545 e. The number of ether oxygens (including phenoxy) is 2. The van der Waals surface area contributed by atoms with E-state index in [0.717, 1.165) is 0 Å². The molecule has 0 amide bonds. The number of carbonyl (C=O) groups is 1. The average molecular weight is 454 g/mol. The molecule has 0 radical (unpaired) electrons. The minimum atomic E-state index is -1.37. The number of hydrogen-bond acceptors (Lipinski definition) is 9. The standard InChI is InChI=1S/C21H17N3O7S/c1-2-5-23-19(25)16-4-3-12(20(26)27)8-17(16)22-21(23)32-10-14-7-15(24(28)29)6-13-9-30-11-31-18(13)14/h2-4,6-8H,1,5,9-11H2,(H,26,27)/p-1. The Morgan fingerprint density at radius 2 is 2.16 bits per heavy atom. The van der Waals surface area contributed by atoms with Crippen LogP contribution in [0.25, 0.3) is 10.9 Å². The fourth-order valence-corrected chi connectivity index (χ4v) is 4.34. The van der Waals surface area contributed by atoms with Crippen LogP contribution in [0.1, 0.15) is 21.5 Å². The molecule has 2 heterocycles. The molecule has 11 heteroatoms. The average Bonchev–Trinajstić information content (AvgIpc) is 2.79. The predicted molar refractivity (Wildman–Crippen MR) is 113 cm³/mol. The molecule has 1 aromatic heterocycles. The van der Waals surface area contributed by atoms with Gasteiger partial charge in [0.05, 0.1) is 28.4 Å². The van der Waals surface area contributed by atoms with E-state index < -0.39 is 10.9 Å². The lowest BCUT2D eigenvalue weighted by Gasteiger charge is -2.20. The molecule has 32 heavy (non-hydrogen) atoms. The molecule has 10 nitrogen and oxygen atoms in total. The van der Waals surface area contributed by atoms with Crippen LogP contribution < -0.4 is 15.4 Å². The first-order valence-corrected chi connectivity index (χ1v) is 10.4. The van der Waals surface area contributed by atoms with Gasteiger partial charge in [-0.25, -0.2) is 4.98 Å². The molecular weight excluding hydrogens is 438 g/mol. The van der Waals surface area contributed by atoms with Crippen molar-refractivity contribution in [3.8, 4) is 5.75 Å². The number of carboxylic acid groups (broad SMARTS) is 1. The molecule has 0 unspecified atom stereocenters. The molecule has 0 fully saturated rings. The van der Waals surface area contributed by atoms with E-state index in [-0.39, 0.29) is 53.4 Å². The number of non-ortho nitro benzene ring substituents is 1. The number of nitrogens with zero attached hydrogens (tertiary/aromatic N) is 3. The summed E-state index contributed by atoms with van der Waals surface area (Å²) in [5.74, 6) is -0.646. The monoisotopic (exact) mass is 454 g/mol. The number of allylic oxidation sites excluding steroid dienone is 1. The van der Waals surface area contributed by atoms with Crippen LogP contribution in [0.4, 0.5) is 5.69 Å². The highest BCUT2D eigenvalue weighted by atomic mass is 32.2. The maximum Gasteiger partial charge on any atom is 0.270 e. The van der Waals surface area contributed by atoms with Crippen LogP contribution in [-0.4, -0.2) is 27.2 Å². The van der Waals surface area contributed by atoms with Gasteiger partial charge in [-0.1, -0.05) is 23.9 Å². The SMILES string of the molecule is C=CCn1c(SCc2cc([N+](=O)[O-])cc3c2OCOC3)nc2cc(C(=O)[O-])ccc2c1=O. The Hall–Kier alpha value is -3.70. The summed E-state index contributed by atoms with van der Waals surface area (Å²) in [6.45, 7) is 4.08. The van der Waals surface area contributed by atoms with E-state index in [1.54, 1.807) is 6.08 Å². The highest BCUT2D eigenvalue weighted by Gasteiger charge is 2.22. The normalized spacial score (nSPS) is 12.8. The summed E-state index contributed by atoms with van der Waals surface area (Å²) in [6.07, 6.45) is 1.55. The van der Waals surface area contributed by atoms with Gasteiger partial charge in [-0.05, 0) is 17.7 Å². The smallest absolute Gasteiger partial charge is 0.270 e. The second-order valence-electron chi connectivity index (χ2n) is 6.87. The molecule has 0 atom stereocenters. The molecule has 0 aliphatic carbocycles. The van der Waals surface area contributed by atoms with Crippen LogP contribution in [0, 0.1) is 10.1 Å². The number of aromatic nitrogens is 2. The lowest BCUT2D eigenvalue weighted by Crippen LogP contribution is -2.24.